The number of anilines is 1. The van der Waals surface area contributed by atoms with Crippen molar-refractivity contribution < 1.29 is 9.90 Å². The lowest BCUT2D eigenvalue weighted by atomic mass is 9.86. The van der Waals surface area contributed by atoms with Gasteiger partial charge in [0, 0.05) is 23.7 Å². The van der Waals surface area contributed by atoms with Gasteiger partial charge in [0.15, 0.2) is 0 Å². The van der Waals surface area contributed by atoms with Crippen LogP contribution in [0.5, 0.6) is 0 Å². The first-order valence-electron chi connectivity index (χ1n) is 6.89. The Morgan fingerprint density at radius 2 is 2.11 bits per heavy atom. The summed E-state index contributed by atoms with van der Waals surface area (Å²) in [7, 11) is 0. The molecule has 1 aromatic rings. The molecular weight excluding hydrogens is 240 g/mol. The number of aliphatic hydroxyl groups is 1. The van der Waals surface area contributed by atoms with Gasteiger partial charge in [-0.15, -0.1) is 0 Å². The van der Waals surface area contributed by atoms with Crippen LogP contribution < -0.4 is 11.1 Å². The fraction of sp³-hybridized carbons (Fsp3) is 0.533. The third-order valence-electron chi connectivity index (χ3n) is 3.76. The molecule has 19 heavy (non-hydrogen) atoms. The third kappa shape index (κ3) is 3.70. The van der Waals surface area contributed by atoms with Gasteiger partial charge in [0.1, 0.15) is 0 Å². The number of aliphatic hydroxyl groups excluding tert-OH is 1. The van der Waals surface area contributed by atoms with Crippen LogP contribution in [0, 0.1) is 12.8 Å². The minimum absolute atomic E-state index is 0.117. The lowest BCUT2D eigenvalue weighted by Gasteiger charge is -2.27. The van der Waals surface area contributed by atoms with Gasteiger partial charge < -0.3 is 16.2 Å². The molecule has 2 atom stereocenters. The third-order valence-corrected chi connectivity index (χ3v) is 3.76. The van der Waals surface area contributed by atoms with E-state index in [9.17, 15) is 9.90 Å². The maximum absolute atomic E-state index is 12.1. The standard InChI is InChI=1S/C15H22N2O2/c1-10-6-12(8-13(16)7-10)15(19)17-9-11-4-2-3-5-14(11)18/h6-8,11,14,18H,2-5,9,16H2,1H3,(H,17,19). The van der Waals surface area contributed by atoms with Gasteiger partial charge in [0.05, 0.1) is 6.10 Å². The van der Waals surface area contributed by atoms with Crippen LogP contribution in [0.15, 0.2) is 18.2 Å². The topological polar surface area (TPSA) is 75.4 Å². The average Bonchev–Trinajstić information content (AvgIpc) is 2.36. The molecule has 0 heterocycles. The number of hydrogen-bond acceptors (Lipinski definition) is 3. The Hall–Kier alpha value is -1.55. The second-order valence-corrected chi connectivity index (χ2v) is 5.45. The Balaban J connectivity index is 1.93. The van der Waals surface area contributed by atoms with Gasteiger partial charge in [-0.3, -0.25) is 4.79 Å². The van der Waals surface area contributed by atoms with Crippen LogP contribution in [0.3, 0.4) is 0 Å². The quantitative estimate of drug-likeness (QED) is 0.728. The maximum atomic E-state index is 12.1. The molecule has 2 rings (SSSR count). The van der Waals surface area contributed by atoms with Crippen LogP contribution in [-0.4, -0.2) is 23.7 Å². The number of carbonyl (C=O) groups excluding carboxylic acids is 1. The maximum Gasteiger partial charge on any atom is 0.251 e. The smallest absolute Gasteiger partial charge is 0.251 e. The van der Waals surface area contributed by atoms with E-state index < -0.39 is 0 Å². The lowest BCUT2D eigenvalue weighted by molar-refractivity contribution is 0.0663. The molecule has 0 bridgehead atoms. The van der Waals surface area contributed by atoms with E-state index in [2.05, 4.69) is 5.32 Å². The van der Waals surface area contributed by atoms with Crippen LogP contribution in [-0.2, 0) is 0 Å². The summed E-state index contributed by atoms with van der Waals surface area (Å²) in [5, 5.41) is 12.8. The highest BCUT2D eigenvalue weighted by Crippen LogP contribution is 2.23. The Morgan fingerprint density at radius 1 is 1.37 bits per heavy atom. The molecule has 0 radical (unpaired) electrons. The van der Waals surface area contributed by atoms with Crippen molar-refractivity contribution in [2.45, 2.75) is 38.7 Å². The second kappa shape index (κ2) is 6.06. The van der Waals surface area contributed by atoms with Crippen molar-refractivity contribution in [1.82, 2.24) is 5.32 Å². The average molecular weight is 262 g/mol. The van der Waals surface area contributed by atoms with E-state index in [0.717, 1.165) is 31.2 Å². The van der Waals surface area contributed by atoms with Gasteiger partial charge in [-0.05, 0) is 43.5 Å². The predicted molar refractivity (Wildman–Crippen MR) is 75.9 cm³/mol. The number of nitrogens with two attached hydrogens (primary N) is 1. The zero-order valence-electron chi connectivity index (χ0n) is 11.4. The summed E-state index contributed by atoms with van der Waals surface area (Å²) in [6.45, 7) is 2.45. The Kier molecular flexibility index (Phi) is 4.43. The second-order valence-electron chi connectivity index (χ2n) is 5.45. The highest BCUT2D eigenvalue weighted by molar-refractivity contribution is 5.95. The van der Waals surface area contributed by atoms with Crippen molar-refractivity contribution in [3.8, 4) is 0 Å². The number of nitrogen functional groups attached to an aromatic ring is 1. The summed E-state index contributed by atoms with van der Waals surface area (Å²) >= 11 is 0. The molecule has 104 valence electrons. The van der Waals surface area contributed by atoms with E-state index >= 15 is 0 Å². The number of benzene rings is 1. The summed E-state index contributed by atoms with van der Waals surface area (Å²) < 4.78 is 0. The van der Waals surface area contributed by atoms with Gasteiger partial charge in [-0.1, -0.05) is 12.8 Å². The summed E-state index contributed by atoms with van der Waals surface area (Å²) in [4.78, 5) is 12.1. The van der Waals surface area contributed by atoms with Crippen molar-refractivity contribution in [2.75, 3.05) is 12.3 Å². The van der Waals surface area contributed by atoms with E-state index in [4.69, 9.17) is 5.73 Å². The van der Waals surface area contributed by atoms with E-state index in [-0.39, 0.29) is 17.9 Å². The fourth-order valence-corrected chi connectivity index (χ4v) is 2.70. The normalized spacial score (nSPS) is 23.1. The molecule has 1 aliphatic rings. The molecule has 4 nitrogen and oxygen atoms in total. The molecule has 0 saturated heterocycles. The molecule has 4 heteroatoms. The molecule has 0 aromatic heterocycles. The number of aryl methyl sites for hydroxylation is 1. The molecule has 1 aromatic carbocycles. The summed E-state index contributed by atoms with van der Waals surface area (Å²) in [5.74, 6) is 0.0630. The van der Waals surface area contributed by atoms with Crippen LogP contribution >= 0.6 is 0 Å². The zero-order chi connectivity index (χ0) is 13.8. The lowest BCUT2D eigenvalue weighted by Crippen LogP contribution is -2.36. The van der Waals surface area contributed by atoms with Gasteiger partial charge in [-0.2, -0.15) is 0 Å². The summed E-state index contributed by atoms with van der Waals surface area (Å²) in [6, 6.07) is 5.34. The van der Waals surface area contributed by atoms with Crippen LogP contribution in [0.4, 0.5) is 5.69 Å². The van der Waals surface area contributed by atoms with E-state index in [1.807, 2.05) is 19.1 Å². The van der Waals surface area contributed by atoms with Crippen LogP contribution in [0.1, 0.15) is 41.6 Å². The zero-order valence-corrected chi connectivity index (χ0v) is 11.4. The molecule has 1 saturated carbocycles. The van der Waals surface area contributed by atoms with Crippen molar-refractivity contribution in [3.63, 3.8) is 0 Å². The van der Waals surface area contributed by atoms with Crippen LogP contribution in [0.25, 0.3) is 0 Å². The molecule has 2 unspecified atom stereocenters. The fourth-order valence-electron chi connectivity index (χ4n) is 2.70. The molecule has 1 amide bonds. The number of hydrogen-bond donors (Lipinski definition) is 3. The summed E-state index contributed by atoms with van der Waals surface area (Å²) in [5.41, 5.74) is 7.90. The van der Waals surface area contributed by atoms with E-state index in [0.29, 0.717) is 17.8 Å². The highest BCUT2D eigenvalue weighted by Gasteiger charge is 2.23. The Morgan fingerprint density at radius 3 is 2.79 bits per heavy atom. The molecule has 1 fully saturated rings. The molecule has 1 aliphatic carbocycles. The van der Waals surface area contributed by atoms with Crippen LogP contribution in [0.2, 0.25) is 0 Å². The molecule has 0 aliphatic heterocycles. The Bertz CT molecular complexity index is 439. The van der Waals surface area contributed by atoms with Crippen molar-refractivity contribution in [3.05, 3.63) is 29.3 Å². The number of carbonyl (C=O) groups is 1. The van der Waals surface area contributed by atoms with Gasteiger partial charge in [0.25, 0.3) is 5.91 Å². The summed E-state index contributed by atoms with van der Waals surface area (Å²) in [6.07, 6.45) is 3.77. The minimum atomic E-state index is -0.281. The molecule has 0 spiro atoms. The van der Waals surface area contributed by atoms with E-state index in [1.165, 1.54) is 0 Å². The van der Waals surface area contributed by atoms with Crippen molar-refractivity contribution in [2.24, 2.45) is 5.92 Å². The van der Waals surface area contributed by atoms with Gasteiger partial charge >= 0.3 is 0 Å². The molecule has 4 N–H and O–H groups in total. The largest absolute Gasteiger partial charge is 0.399 e. The van der Waals surface area contributed by atoms with E-state index in [1.54, 1.807) is 6.07 Å². The molecular formula is C15H22N2O2. The van der Waals surface area contributed by atoms with Gasteiger partial charge in [0.2, 0.25) is 0 Å². The minimum Gasteiger partial charge on any atom is -0.399 e. The first-order chi connectivity index (χ1) is 9.06. The number of nitrogens with one attached hydrogen (secondary N) is 1. The number of rotatable bonds is 3. The monoisotopic (exact) mass is 262 g/mol. The van der Waals surface area contributed by atoms with Crippen molar-refractivity contribution >= 4 is 11.6 Å². The van der Waals surface area contributed by atoms with Gasteiger partial charge in [-0.25, -0.2) is 0 Å². The highest BCUT2D eigenvalue weighted by atomic mass is 16.3. The first-order valence-corrected chi connectivity index (χ1v) is 6.89. The predicted octanol–water partition coefficient (Wildman–Crippen LogP) is 1.86. The first kappa shape index (κ1) is 13.9. The Labute approximate surface area is 114 Å². The van der Waals surface area contributed by atoms with Crippen molar-refractivity contribution in [1.29, 1.82) is 0 Å². The SMILES string of the molecule is Cc1cc(N)cc(C(=O)NCC2CCCCC2O)c1. The number of amides is 1.